The molecule has 0 aliphatic carbocycles. The van der Waals surface area contributed by atoms with Crippen LogP contribution in [0.1, 0.15) is 27.0 Å². The Morgan fingerprint density at radius 3 is 2.54 bits per heavy atom. The standard InChI is InChI=1S/C24H19ClF3N3O4/c1-35-21-12-17(30-22(33)11-14-4-2-3-5-18(14)24(26,27)28)8-6-16(21)13-29-31-23(34)15-7-9-20(32)19(25)10-15/h2-10,12-13,32H,11H2,1H3,(H,30,33)(H,31,34). The third-order valence-corrected chi connectivity index (χ3v) is 5.07. The third kappa shape index (κ3) is 6.73. The number of carbonyl (C=O) groups excluding carboxylic acids is 2. The van der Waals surface area contributed by atoms with Crippen LogP contribution in [0.25, 0.3) is 0 Å². The van der Waals surface area contributed by atoms with E-state index < -0.39 is 30.0 Å². The zero-order chi connectivity index (χ0) is 25.6. The highest BCUT2D eigenvalue weighted by atomic mass is 35.5. The number of ether oxygens (including phenoxy) is 1. The summed E-state index contributed by atoms with van der Waals surface area (Å²) in [5, 5.41) is 15.8. The normalized spacial score (nSPS) is 11.3. The molecule has 3 N–H and O–H groups in total. The van der Waals surface area contributed by atoms with Crippen molar-refractivity contribution in [3.63, 3.8) is 0 Å². The number of phenolic OH excluding ortho intramolecular Hbond substituents is 1. The van der Waals surface area contributed by atoms with Gasteiger partial charge in [0.25, 0.3) is 5.91 Å². The van der Waals surface area contributed by atoms with Crippen LogP contribution in [0.2, 0.25) is 5.02 Å². The molecule has 35 heavy (non-hydrogen) atoms. The summed E-state index contributed by atoms with van der Waals surface area (Å²) in [4.78, 5) is 24.5. The van der Waals surface area contributed by atoms with Crippen molar-refractivity contribution in [1.29, 1.82) is 0 Å². The maximum Gasteiger partial charge on any atom is 0.416 e. The zero-order valence-electron chi connectivity index (χ0n) is 18.2. The van der Waals surface area contributed by atoms with Crippen LogP contribution in [-0.2, 0) is 17.4 Å². The predicted molar refractivity (Wildman–Crippen MR) is 125 cm³/mol. The number of hydrazone groups is 1. The molecule has 0 aromatic heterocycles. The SMILES string of the molecule is COc1cc(NC(=O)Cc2ccccc2C(F)(F)F)ccc1C=NNC(=O)c1ccc(O)c(Cl)c1. The highest BCUT2D eigenvalue weighted by molar-refractivity contribution is 6.32. The molecule has 182 valence electrons. The lowest BCUT2D eigenvalue weighted by molar-refractivity contribution is -0.138. The van der Waals surface area contributed by atoms with E-state index in [2.05, 4.69) is 15.8 Å². The van der Waals surface area contributed by atoms with E-state index in [4.69, 9.17) is 16.3 Å². The Kier molecular flexibility index (Phi) is 7.98. The predicted octanol–water partition coefficient (Wildman–Crippen LogP) is 5.02. The molecule has 7 nitrogen and oxygen atoms in total. The molecule has 0 aliphatic heterocycles. The van der Waals surface area contributed by atoms with Gasteiger partial charge in [0.1, 0.15) is 11.5 Å². The first-order chi connectivity index (χ1) is 16.6. The maximum atomic E-state index is 13.1. The first kappa shape index (κ1) is 25.6. The van der Waals surface area contributed by atoms with Crippen molar-refractivity contribution in [2.24, 2.45) is 5.10 Å². The second-order valence-corrected chi connectivity index (χ2v) is 7.61. The van der Waals surface area contributed by atoms with Crippen molar-refractivity contribution < 1.29 is 32.6 Å². The van der Waals surface area contributed by atoms with E-state index in [-0.39, 0.29) is 21.9 Å². The van der Waals surface area contributed by atoms with Crippen LogP contribution in [0.3, 0.4) is 0 Å². The number of aromatic hydroxyl groups is 1. The third-order valence-electron chi connectivity index (χ3n) is 4.77. The van der Waals surface area contributed by atoms with Crippen molar-refractivity contribution in [1.82, 2.24) is 5.43 Å². The summed E-state index contributed by atoms with van der Waals surface area (Å²) in [5.41, 5.74) is 2.25. The Bertz CT molecular complexity index is 1280. The minimum Gasteiger partial charge on any atom is -0.506 e. The number of carbonyl (C=O) groups is 2. The molecule has 2 amide bonds. The van der Waals surface area contributed by atoms with E-state index in [1.165, 1.54) is 61.9 Å². The molecule has 0 spiro atoms. The molecular weight excluding hydrogens is 487 g/mol. The molecule has 0 radical (unpaired) electrons. The second-order valence-electron chi connectivity index (χ2n) is 7.20. The van der Waals surface area contributed by atoms with Crippen LogP contribution in [0.15, 0.2) is 65.8 Å². The van der Waals surface area contributed by atoms with E-state index in [1.807, 2.05) is 0 Å². The second kappa shape index (κ2) is 10.9. The molecule has 11 heteroatoms. The monoisotopic (exact) mass is 505 g/mol. The van der Waals surface area contributed by atoms with Gasteiger partial charge in [0.15, 0.2) is 0 Å². The Hall–Kier alpha value is -4.05. The van der Waals surface area contributed by atoms with E-state index in [0.29, 0.717) is 17.0 Å². The van der Waals surface area contributed by atoms with Gasteiger partial charge in [0, 0.05) is 22.9 Å². The van der Waals surface area contributed by atoms with Gasteiger partial charge in [-0.05, 0) is 42.0 Å². The molecule has 0 heterocycles. The fourth-order valence-electron chi connectivity index (χ4n) is 3.10. The number of nitrogens with zero attached hydrogens (tertiary/aromatic N) is 1. The number of alkyl halides is 3. The highest BCUT2D eigenvalue weighted by Crippen LogP contribution is 2.32. The fraction of sp³-hybridized carbons (Fsp3) is 0.125. The van der Waals surface area contributed by atoms with Crippen LogP contribution in [0.4, 0.5) is 18.9 Å². The lowest BCUT2D eigenvalue weighted by Crippen LogP contribution is -2.18. The van der Waals surface area contributed by atoms with Crippen molar-refractivity contribution >= 4 is 35.3 Å². The molecule has 3 rings (SSSR count). The van der Waals surface area contributed by atoms with E-state index in [0.717, 1.165) is 6.07 Å². The minimum atomic E-state index is -4.56. The number of rotatable bonds is 7. The Labute approximate surface area is 203 Å². The van der Waals surface area contributed by atoms with Crippen molar-refractivity contribution in [3.05, 3.63) is 87.9 Å². The number of nitrogens with one attached hydrogen (secondary N) is 2. The van der Waals surface area contributed by atoms with E-state index in [1.54, 1.807) is 6.07 Å². The molecule has 0 fully saturated rings. The van der Waals surface area contributed by atoms with Gasteiger partial charge in [0.2, 0.25) is 5.91 Å². The number of anilines is 1. The summed E-state index contributed by atoms with van der Waals surface area (Å²) in [6.45, 7) is 0. The molecule has 0 aliphatic rings. The number of halogens is 4. The van der Waals surface area contributed by atoms with Gasteiger partial charge < -0.3 is 15.2 Å². The lowest BCUT2D eigenvalue weighted by Gasteiger charge is -2.13. The van der Waals surface area contributed by atoms with Gasteiger partial charge in [0.05, 0.1) is 30.3 Å². The van der Waals surface area contributed by atoms with E-state index in [9.17, 15) is 27.9 Å². The first-order valence-electron chi connectivity index (χ1n) is 10.0. The molecule has 0 saturated carbocycles. The molecule has 0 bridgehead atoms. The van der Waals surface area contributed by atoms with Gasteiger partial charge >= 0.3 is 6.18 Å². The number of hydrogen-bond donors (Lipinski definition) is 3. The van der Waals surface area contributed by atoms with Gasteiger partial charge in [-0.2, -0.15) is 18.3 Å². The van der Waals surface area contributed by atoms with Crippen molar-refractivity contribution in [2.45, 2.75) is 12.6 Å². The van der Waals surface area contributed by atoms with E-state index >= 15 is 0 Å². The van der Waals surface area contributed by atoms with Crippen LogP contribution in [0, 0.1) is 0 Å². The molecule has 0 atom stereocenters. The summed E-state index contributed by atoms with van der Waals surface area (Å²) in [6, 6.07) is 13.3. The maximum absolute atomic E-state index is 13.1. The smallest absolute Gasteiger partial charge is 0.416 e. The van der Waals surface area contributed by atoms with Crippen molar-refractivity contribution in [2.75, 3.05) is 12.4 Å². The number of amides is 2. The van der Waals surface area contributed by atoms with Gasteiger partial charge in [-0.3, -0.25) is 9.59 Å². The van der Waals surface area contributed by atoms with Crippen LogP contribution in [0.5, 0.6) is 11.5 Å². The lowest BCUT2D eigenvalue weighted by atomic mass is 10.0. The average Bonchev–Trinajstić information content (AvgIpc) is 2.81. The summed E-state index contributed by atoms with van der Waals surface area (Å²) in [5.74, 6) is -1.06. The molecule has 0 unspecified atom stereocenters. The number of benzene rings is 3. The highest BCUT2D eigenvalue weighted by Gasteiger charge is 2.33. The first-order valence-corrected chi connectivity index (χ1v) is 10.4. The topological polar surface area (TPSA) is 100 Å². The average molecular weight is 506 g/mol. The van der Waals surface area contributed by atoms with Crippen LogP contribution < -0.4 is 15.5 Å². The summed E-state index contributed by atoms with van der Waals surface area (Å²) in [7, 11) is 1.38. The summed E-state index contributed by atoms with van der Waals surface area (Å²) >= 11 is 5.79. The van der Waals surface area contributed by atoms with Gasteiger partial charge in [-0.25, -0.2) is 5.43 Å². The Morgan fingerprint density at radius 1 is 1.11 bits per heavy atom. The largest absolute Gasteiger partial charge is 0.506 e. The number of phenols is 1. The van der Waals surface area contributed by atoms with Gasteiger partial charge in [-0.1, -0.05) is 29.8 Å². The number of methoxy groups -OCH3 is 1. The Balaban J connectivity index is 1.66. The van der Waals surface area contributed by atoms with Crippen LogP contribution in [-0.4, -0.2) is 30.2 Å². The minimum absolute atomic E-state index is 0.0165. The quantitative estimate of drug-likeness (QED) is 0.310. The van der Waals surface area contributed by atoms with Crippen molar-refractivity contribution in [3.8, 4) is 11.5 Å². The molecule has 3 aromatic carbocycles. The number of hydrogen-bond acceptors (Lipinski definition) is 5. The summed E-state index contributed by atoms with van der Waals surface area (Å²) < 4.78 is 44.7. The molecule has 3 aromatic rings. The Morgan fingerprint density at radius 2 is 1.86 bits per heavy atom. The molecular formula is C24H19ClF3N3O4. The zero-order valence-corrected chi connectivity index (χ0v) is 18.9. The summed E-state index contributed by atoms with van der Waals surface area (Å²) in [6.07, 6.45) is -3.72. The molecule has 0 saturated heterocycles. The van der Waals surface area contributed by atoms with Gasteiger partial charge in [-0.15, -0.1) is 0 Å². The van der Waals surface area contributed by atoms with Crippen LogP contribution >= 0.6 is 11.6 Å². The fourth-order valence-corrected chi connectivity index (χ4v) is 3.28.